The van der Waals surface area contributed by atoms with Crippen molar-refractivity contribution in [1.29, 1.82) is 0 Å². The molecule has 0 radical (unpaired) electrons. The third-order valence-electron chi connectivity index (χ3n) is 7.22. The number of nitrogens with one attached hydrogen (secondary N) is 1. The number of para-hydroxylation sites is 1. The normalized spacial score (nSPS) is 26.8. The van der Waals surface area contributed by atoms with E-state index in [4.69, 9.17) is 4.74 Å². The molecule has 2 aromatic carbocycles. The summed E-state index contributed by atoms with van der Waals surface area (Å²) in [4.78, 5) is 27.5. The van der Waals surface area contributed by atoms with Crippen LogP contribution in [0.1, 0.15) is 31.4 Å². The van der Waals surface area contributed by atoms with Crippen LogP contribution < -0.4 is 10.2 Å². The second-order valence-electron chi connectivity index (χ2n) is 10.1. The third-order valence-corrected chi connectivity index (χ3v) is 9.68. The van der Waals surface area contributed by atoms with Crippen LogP contribution in [0.15, 0.2) is 48.5 Å². The predicted molar refractivity (Wildman–Crippen MR) is 134 cm³/mol. The van der Waals surface area contributed by atoms with Crippen molar-refractivity contribution >= 4 is 31.6 Å². The van der Waals surface area contributed by atoms with E-state index in [1.807, 2.05) is 43.3 Å². The van der Waals surface area contributed by atoms with E-state index in [2.05, 4.69) is 5.32 Å². The molecule has 2 aliphatic rings. The van der Waals surface area contributed by atoms with Gasteiger partial charge in [0.2, 0.25) is 8.41 Å². The Bertz CT molecular complexity index is 1100. The topological polar surface area (TPSA) is 99.1 Å². The molecule has 1 spiro atoms. The largest absolute Gasteiger partial charge is 0.396 e. The Hall–Kier alpha value is -2.59. The Morgan fingerprint density at radius 1 is 1.23 bits per heavy atom. The van der Waals surface area contributed by atoms with Crippen LogP contribution in [0.5, 0.6) is 0 Å². The van der Waals surface area contributed by atoms with Crippen molar-refractivity contribution in [2.45, 2.75) is 63.3 Å². The van der Waals surface area contributed by atoms with Gasteiger partial charge in [0.1, 0.15) is 6.10 Å². The Labute approximate surface area is 206 Å². The van der Waals surface area contributed by atoms with E-state index in [1.165, 1.54) is 6.92 Å². The quantitative estimate of drug-likeness (QED) is 0.398. The lowest BCUT2D eigenvalue weighted by Gasteiger charge is -2.31. The molecule has 0 bridgehead atoms. The van der Waals surface area contributed by atoms with Crippen LogP contribution in [-0.4, -0.2) is 49.2 Å². The van der Waals surface area contributed by atoms with Gasteiger partial charge in [-0.15, -0.1) is 0 Å². The van der Waals surface area contributed by atoms with E-state index in [1.54, 1.807) is 30.1 Å². The van der Waals surface area contributed by atoms with Crippen molar-refractivity contribution < 1.29 is 28.6 Å². The number of aliphatic hydroxyl groups is 2. The molecule has 0 saturated carbocycles. The number of ether oxygens (including phenoxy) is 1. The molecule has 2 aromatic rings. The van der Waals surface area contributed by atoms with Crippen molar-refractivity contribution in [3.63, 3.8) is 0 Å². The first kappa shape index (κ1) is 25.5. The Morgan fingerprint density at radius 2 is 1.89 bits per heavy atom. The minimum atomic E-state index is -3.22. The summed E-state index contributed by atoms with van der Waals surface area (Å²) in [6, 6.07) is 14.5. The number of hydrogen-bond donors (Lipinski definition) is 3. The Morgan fingerprint density at radius 3 is 2.49 bits per heavy atom. The first-order valence-electron chi connectivity index (χ1n) is 12.0. The molecular weight excluding hydrogens is 467 g/mol. The first-order valence-corrected chi connectivity index (χ1v) is 14.9. The molecule has 1 fully saturated rings. The monoisotopic (exact) mass is 500 g/mol. The van der Waals surface area contributed by atoms with Crippen molar-refractivity contribution in [3.05, 3.63) is 59.7 Å². The summed E-state index contributed by atoms with van der Waals surface area (Å²) in [6.07, 6.45) is -1.36. The number of halogens is 1. The van der Waals surface area contributed by atoms with Crippen LogP contribution >= 0.6 is 0 Å². The van der Waals surface area contributed by atoms with E-state index in [0.717, 1.165) is 16.8 Å². The molecule has 188 valence electrons. The van der Waals surface area contributed by atoms with Crippen molar-refractivity contribution in [2.75, 3.05) is 16.8 Å². The van der Waals surface area contributed by atoms with Gasteiger partial charge in [-0.2, -0.15) is 0 Å². The maximum absolute atomic E-state index is 15.5. The van der Waals surface area contributed by atoms with E-state index >= 15 is 4.11 Å². The maximum atomic E-state index is 15.5. The Kier molecular flexibility index (Phi) is 6.89. The lowest BCUT2D eigenvalue weighted by atomic mass is 9.82. The number of amides is 2. The molecule has 0 aliphatic carbocycles. The second kappa shape index (κ2) is 9.46. The molecule has 2 heterocycles. The molecule has 7 nitrogen and oxygen atoms in total. The minimum Gasteiger partial charge on any atom is -0.396 e. The van der Waals surface area contributed by atoms with Gasteiger partial charge in [-0.3, -0.25) is 9.59 Å². The van der Waals surface area contributed by atoms with Gasteiger partial charge in [0, 0.05) is 29.3 Å². The molecule has 35 heavy (non-hydrogen) atoms. The zero-order chi connectivity index (χ0) is 25.5. The van der Waals surface area contributed by atoms with Gasteiger partial charge >= 0.3 is 0 Å². The summed E-state index contributed by atoms with van der Waals surface area (Å²) in [7, 11) is -3.22. The summed E-state index contributed by atoms with van der Waals surface area (Å²) < 4.78 is 22.0. The molecule has 2 amide bonds. The summed E-state index contributed by atoms with van der Waals surface area (Å²) in [6.45, 7) is 6.72. The van der Waals surface area contributed by atoms with Crippen molar-refractivity contribution in [2.24, 2.45) is 5.92 Å². The van der Waals surface area contributed by atoms with Gasteiger partial charge in [-0.25, -0.2) is 0 Å². The fraction of sp³-hybridized carbons (Fsp3) is 0.462. The molecule has 3 N–H and O–H groups in total. The maximum Gasteiger partial charge on any atom is 0.264 e. The average molecular weight is 501 g/mol. The Balaban J connectivity index is 1.66. The molecular formula is C26H33FN2O5Si. The van der Waals surface area contributed by atoms with E-state index < -0.39 is 37.7 Å². The van der Waals surface area contributed by atoms with E-state index in [9.17, 15) is 19.8 Å². The van der Waals surface area contributed by atoms with Crippen LogP contribution in [0.3, 0.4) is 0 Å². The van der Waals surface area contributed by atoms with Gasteiger partial charge in [0.15, 0.2) is 5.60 Å². The number of carbonyl (C=O) groups excluding carboxylic acids is 2. The smallest absolute Gasteiger partial charge is 0.264 e. The molecule has 0 unspecified atom stereocenters. The molecule has 4 rings (SSSR count). The number of anilines is 2. The van der Waals surface area contributed by atoms with Crippen molar-refractivity contribution in [3.8, 4) is 0 Å². The fourth-order valence-corrected chi connectivity index (χ4v) is 8.22. The van der Waals surface area contributed by atoms with E-state index in [0.29, 0.717) is 5.69 Å². The molecule has 0 aromatic heterocycles. The number of benzene rings is 2. The summed E-state index contributed by atoms with van der Waals surface area (Å²) in [5.74, 6) is -1.11. The highest BCUT2D eigenvalue weighted by Crippen LogP contribution is 2.60. The number of nitrogens with zero attached hydrogens (tertiary/aromatic N) is 1. The van der Waals surface area contributed by atoms with Gasteiger partial charge in [-0.05, 0) is 50.2 Å². The highest BCUT2D eigenvalue weighted by molar-refractivity contribution is 6.72. The predicted octanol–water partition coefficient (Wildman–Crippen LogP) is 3.71. The minimum absolute atomic E-state index is 0.133. The van der Waals surface area contributed by atoms with Crippen LogP contribution in [-0.2, 0) is 26.5 Å². The summed E-state index contributed by atoms with van der Waals surface area (Å²) in [5, 5.41) is 21.6. The first-order chi connectivity index (χ1) is 16.5. The zero-order valence-electron chi connectivity index (χ0n) is 20.5. The number of carbonyl (C=O) groups is 2. The van der Waals surface area contributed by atoms with Gasteiger partial charge in [0.25, 0.3) is 11.8 Å². The molecule has 1 saturated heterocycles. The van der Waals surface area contributed by atoms with Gasteiger partial charge in [-0.1, -0.05) is 37.3 Å². The lowest BCUT2D eigenvalue weighted by molar-refractivity contribution is -0.146. The van der Waals surface area contributed by atoms with Crippen LogP contribution in [0.2, 0.25) is 18.6 Å². The molecule has 2 aliphatic heterocycles. The van der Waals surface area contributed by atoms with Crippen LogP contribution in [0, 0.1) is 5.92 Å². The third kappa shape index (κ3) is 4.42. The van der Waals surface area contributed by atoms with Crippen LogP contribution in [0.4, 0.5) is 15.5 Å². The second-order valence-corrected chi connectivity index (χ2v) is 13.8. The van der Waals surface area contributed by atoms with Crippen molar-refractivity contribution in [1.82, 2.24) is 0 Å². The zero-order valence-corrected chi connectivity index (χ0v) is 21.5. The number of aliphatic hydroxyl groups excluding tert-OH is 2. The number of hydrogen-bond acceptors (Lipinski definition) is 5. The highest BCUT2D eigenvalue weighted by atomic mass is 28.4. The van der Waals surface area contributed by atoms with Crippen LogP contribution in [0.25, 0.3) is 0 Å². The average Bonchev–Trinajstić information content (AvgIpc) is 3.22. The highest BCUT2D eigenvalue weighted by Gasteiger charge is 2.66. The standard InChI is InChI=1S/C26H33FN2O5Si/c1-16-23(35(3,4)27)22(13-14-30)34-26(16)20-7-5-6-8-21(20)29(25(26)33)15-18-9-11-19(12-10-18)28-24(32)17(2)31/h5-12,16-17,22-23,30-31H,13-15H2,1-4H3,(H,28,32)/t16-,17+,22+,23-,26+/m1/s1. The lowest BCUT2D eigenvalue weighted by Crippen LogP contribution is -2.45. The summed E-state index contributed by atoms with van der Waals surface area (Å²) in [5.41, 5.74) is 1.14. The van der Waals surface area contributed by atoms with Gasteiger partial charge < -0.3 is 29.3 Å². The number of fused-ring (bicyclic) bond motifs is 2. The van der Waals surface area contributed by atoms with E-state index in [-0.39, 0.29) is 31.4 Å². The molecule has 9 heteroatoms. The molecule has 5 atom stereocenters. The van der Waals surface area contributed by atoms with Gasteiger partial charge in [0.05, 0.1) is 18.3 Å². The summed E-state index contributed by atoms with van der Waals surface area (Å²) >= 11 is 0. The fourth-order valence-electron chi connectivity index (χ4n) is 5.68. The number of rotatable bonds is 7. The SMILES string of the molecule is C[C@H](O)C(=O)Nc1ccc(CN2C(=O)[C@@]3(O[C@@H](CCO)[C@H]([Si](C)(C)F)[C@H]3C)c3ccccc32)cc1.